The highest BCUT2D eigenvalue weighted by Crippen LogP contribution is 2.33. The number of rotatable bonds is 4. The van der Waals surface area contributed by atoms with E-state index in [1.54, 1.807) is 18.9 Å². The molecule has 1 aromatic carbocycles. The zero-order valence-electron chi connectivity index (χ0n) is 7.22. The molecule has 0 amide bonds. The first-order valence-corrected chi connectivity index (χ1v) is 5.55. The number of methoxy groups -OCH3 is 1. The van der Waals surface area contributed by atoms with E-state index in [2.05, 4.69) is 0 Å². The summed E-state index contributed by atoms with van der Waals surface area (Å²) in [7, 11) is 1.68. The van der Waals surface area contributed by atoms with Crippen LogP contribution in [-0.2, 0) is 4.74 Å². The van der Waals surface area contributed by atoms with E-state index in [1.807, 2.05) is 18.2 Å². The van der Waals surface area contributed by atoms with Crippen molar-refractivity contribution >= 4 is 35.0 Å². The van der Waals surface area contributed by atoms with E-state index in [1.165, 1.54) is 0 Å². The molecule has 1 rings (SSSR count). The van der Waals surface area contributed by atoms with Crippen molar-refractivity contribution < 1.29 is 4.74 Å². The van der Waals surface area contributed by atoms with Gasteiger partial charge in [0.1, 0.15) is 0 Å². The van der Waals surface area contributed by atoms with Crippen LogP contribution in [0.25, 0.3) is 0 Å². The molecule has 4 heteroatoms. The quantitative estimate of drug-likeness (QED) is 0.582. The van der Waals surface area contributed by atoms with E-state index in [-0.39, 0.29) is 0 Å². The van der Waals surface area contributed by atoms with Gasteiger partial charge < -0.3 is 4.74 Å². The van der Waals surface area contributed by atoms with Crippen LogP contribution in [0.4, 0.5) is 0 Å². The second-order valence-corrected chi connectivity index (χ2v) is 4.31. The van der Waals surface area contributed by atoms with Gasteiger partial charge >= 0.3 is 0 Å². The fourth-order valence-corrected chi connectivity index (χ4v) is 2.44. The van der Waals surface area contributed by atoms with Crippen molar-refractivity contribution in [3.63, 3.8) is 0 Å². The second kappa shape index (κ2) is 5.76. The molecule has 1 nitrogen and oxygen atoms in total. The van der Waals surface area contributed by atoms with Crippen LogP contribution in [-0.4, -0.2) is 19.5 Å². The van der Waals surface area contributed by atoms with Gasteiger partial charge in [-0.3, -0.25) is 0 Å². The largest absolute Gasteiger partial charge is 0.384 e. The third-order valence-electron chi connectivity index (χ3n) is 1.45. The van der Waals surface area contributed by atoms with E-state index < -0.39 is 0 Å². The Balaban J connectivity index is 2.64. The normalized spacial score (nSPS) is 10.4. The molecule has 0 radical (unpaired) electrons. The van der Waals surface area contributed by atoms with Crippen molar-refractivity contribution in [2.24, 2.45) is 0 Å². The highest BCUT2D eigenvalue weighted by molar-refractivity contribution is 7.99. The van der Waals surface area contributed by atoms with Crippen molar-refractivity contribution in [3.05, 3.63) is 28.2 Å². The lowest BCUT2D eigenvalue weighted by Gasteiger charge is -2.05. The molecule has 0 fully saturated rings. The second-order valence-electron chi connectivity index (χ2n) is 2.39. The van der Waals surface area contributed by atoms with Gasteiger partial charge in [-0.2, -0.15) is 0 Å². The molecule has 0 saturated heterocycles. The van der Waals surface area contributed by atoms with E-state index in [9.17, 15) is 0 Å². The number of hydrogen-bond acceptors (Lipinski definition) is 2. The lowest BCUT2D eigenvalue weighted by atomic mass is 10.4. The Bertz CT molecular complexity index is 258. The first kappa shape index (κ1) is 11.2. The number of ether oxygens (including phenoxy) is 1. The zero-order chi connectivity index (χ0) is 9.68. The van der Waals surface area contributed by atoms with Crippen LogP contribution in [0, 0.1) is 0 Å². The molecule has 0 unspecified atom stereocenters. The fraction of sp³-hybridized carbons (Fsp3) is 0.333. The minimum absolute atomic E-state index is 0.701. The van der Waals surface area contributed by atoms with E-state index >= 15 is 0 Å². The zero-order valence-corrected chi connectivity index (χ0v) is 9.55. The average Bonchev–Trinajstić information content (AvgIpc) is 2.10. The predicted octanol–water partition coefficient (Wildman–Crippen LogP) is 3.73. The minimum Gasteiger partial charge on any atom is -0.384 e. The van der Waals surface area contributed by atoms with Gasteiger partial charge in [0.05, 0.1) is 16.7 Å². The summed E-state index contributed by atoms with van der Waals surface area (Å²) in [4.78, 5) is 0.933. The van der Waals surface area contributed by atoms with Crippen LogP contribution in [0.3, 0.4) is 0 Å². The first-order valence-electron chi connectivity index (χ1n) is 3.81. The average molecular weight is 237 g/mol. The lowest BCUT2D eigenvalue weighted by molar-refractivity contribution is 0.218. The molecule has 0 aromatic heterocycles. The van der Waals surface area contributed by atoms with Gasteiger partial charge in [-0.25, -0.2) is 0 Å². The van der Waals surface area contributed by atoms with Crippen molar-refractivity contribution in [2.75, 3.05) is 19.5 Å². The van der Waals surface area contributed by atoms with Crippen molar-refractivity contribution in [1.82, 2.24) is 0 Å². The Morgan fingerprint density at radius 1 is 1.31 bits per heavy atom. The third-order valence-corrected chi connectivity index (χ3v) is 3.41. The molecule has 0 bridgehead atoms. The predicted molar refractivity (Wildman–Crippen MR) is 59.1 cm³/mol. The molecule has 0 aliphatic heterocycles. The van der Waals surface area contributed by atoms with Gasteiger partial charge in [0.2, 0.25) is 0 Å². The Morgan fingerprint density at radius 2 is 1.92 bits per heavy atom. The fourth-order valence-electron chi connectivity index (χ4n) is 0.847. The summed E-state index contributed by atoms with van der Waals surface area (Å²) in [5.74, 6) is 0.861. The highest BCUT2D eigenvalue weighted by Gasteiger charge is 2.04. The Kier molecular flexibility index (Phi) is 4.96. The van der Waals surface area contributed by atoms with E-state index in [0.717, 1.165) is 10.6 Å². The maximum absolute atomic E-state index is 5.96. The molecule has 0 aliphatic carbocycles. The summed E-state index contributed by atoms with van der Waals surface area (Å²) in [6.07, 6.45) is 0. The van der Waals surface area contributed by atoms with Crippen LogP contribution < -0.4 is 0 Å². The van der Waals surface area contributed by atoms with Crippen molar-refractivity contribution in [2.45, 2.75) is 4.90 Å². The summed E-state index contributed by atoms with van der Waals surface area (Å²) in [5, 5.41) is 1.40. The van der Waals surface area contributed by atoms with Crippen molar-refractivity contribution in [3.8, 4) is 0 Å². The molecule has 0 saturated carbocycles. The van der Waals surface area contributed by atoms with Crippen LogP contribution in [0.2, 0.25) is 10.0 Å². The Hall–Kier alpha value is 0.110. The maximum atomic E-state index is 5.96. The molecule has 0 atom stereocenters. The monoisotopic (exact) mass is 236 g/mol. The minimum atomic E-state index is 0.701. The highest BCUT2D eigenvalue weighted by atomic mass is 35.5. The molecule has 72 valence electrons. The van der Waals surface area contributed by atoms with Gasteiger partial charge in [0.25, 0.3) is 0 Å². The summed E-state index contributed by atoms with van der Waals surface area (Å²) < 4.78 is 4.94. The van der Waals surface area contributed by atoms with Gasteiger partial charge in [0, 0.05) is 17.8 Å². The maximum Gasteiger partial charge on any atom is 0.0556 e. The van der Waals surface area contributed by atoms with Gasteiger partial charge in [0.15, 0.2) is 0 Å². The Morgan fingerprint density at radius 3 is 2.46 bits per heavy atom. The summed E-state index contributed by atoms with van der Waals surface area (Å²) >= 11 is 13.5. The van der Waals surface area contributed by atoms with Crippen molar-refractivity contribution in [1.29, 1.82) is 0 Å². The number of halogens is 2. The van der Waals surface area contributed by atoms with Crippen LogP contribution in [0.1, 0.15) is 0 Å². The molecule has 13 heavy (non-hydrogen) atoms. The summed E-state index contributed by atoms with van der Waals surface area (Å²) in [6.45, 7) is 0.701. The smallest absolute Gasteiger partial charge is 0.0556 e. The number of thioether (sulfide) groups is 1. The standard InChI is InChI=1S/C9H10Cl2OS/c1-12-5-6-13-9-7(10)3-2-4-8(9)11/h2-4H,5-6H2,1H3. The summed E-state index contributed by atoms with van der Waals surface area (Å²) in [5.41, 5.74) is 0. The SMILES string of the molecule is COCCSc1c(Cl)cccc1Cl. The number of benzene rings is 1. The molecule has 0 aliphatic rings. The molecule has 1 aromatic rings. The molecular weight excluding hydrogens is 227 g/mol. The van der Waals surface area contributed by atoms with E-state index in [4.69, 9.17) is 27.9 Å². The van der Waals surface area contributed by atoms with Crippen LogP contribution in [0.5, 0.6) is 0 Å². The van der Waals surface area contributed by atoms with Gasteiger partial charge in [-0.15, -0.1) is 11.8 Å². The topological polar surface area (TPSA) is 9.23 Å². The lowest BCUT2D eigenvalue weighted by Crippen LogP contribution is -1.91. The van der Waals surface area contributed by atoms with E-state index in [0.29, 0.717) is 16.7 Å². The van der Waals surface area contributed by atoms with Gasteiger partial charge in [-0.1, -0.05) is 29.3 Å². The molecule has 0 heterocycles. The van der Waals surface area contributed by atoms with Crippen LogP contribution >= 0.6 is 35.0 Å². The third kappa shape index (κ3) is 3.39. The number of hydrogen-bond donors (Lipinski definition) is 0. The molecule has 0 spiro atoms. The van der Waals surface area contributed by atoms with Gasteiger partial charge in [-0.05, 0) is 12.1 Å². The first-order chi connectivity index (χ1) is 6.25. The molecule has 0 N–H and O–H groups in total. The van der Waals surface area contributed by atoms with Crippen LogP contribution in [0.15, 0.2) is 23.1 Å². The molecular formula is C9H10Cl2OS. The Labute approximate surface area is 92.4 Å². The summed E-state index contributed by atoms with van der Waals surface area (Å²) in [6, 6.07) is 5.51.